The number of carbonyl (C=O) groups is 1. The van der Waals surface area contributed by atoms with Gasteiger partial charge in [-0.25, -0.2) is 8.78 Å². The fourth-order valence-corrected chi connectivity index (χ4v) is 0.586. The highest BCUT2D eigenvalue weighted by atomic mass is 19.3. The third kappa shape index (κ3) is 3.42. The molecule has 3 heteroatoms. The van der Waals surface area contributed by atoms with Gasteiger partial charge in [0.05, 0.1) is 5.57 Å². The lowest BCUT2D eigenvalue weighted by molar-refractivity contribution is -0.107. The Hall–Kier alpha value is -0.990. The summed E-state index contributed by atoms with van der Waals surface area (Å²) in [5, 5.41) is 0. The monoisotopic (exact) mass is 174 g/mol. The molecule has 0 aliphatic rings. The molecule has 0 fully saturated rings. The van der Waals surface area contributed by atoms with Crippen LogP contribution in [0.1, 0.15) is 20.3 Å². The van der Waals surface area contributed by atoms with E-state index < -0.39 is 11.5 Å². The van der Waals surface area contributed by atoms with Crippen molar-refractivity contribution in [2.75, 3.05) is 0 Å². The minimum Gasteiger partial charge on any atom is -0.298 e. The zero-order valence-electron chi connectivity index (χ0n) is 7.23. The Morgan fingerprint density at radius 3 is 2.33 bits per heavy atom. The average Bonchev–Trinajstić information content (AvgIpc) is 1.97. The smallest absolute Gasteiger partial charge is 0.273 e. The maximum Gasteiger partial charge on any atom is 0.273 e. The van der Waals surface area contributed by atoms with Crippen LogP contribution in [0.2, 0.25) is 0 Å². The number of hydrogen-bond acceptors (Lipinski definition) is 1. The lowest BCUT2D eigenvalue weighted by Crippen LogP contribution is -2.14. The highest BCUT2D eigenvalue weighted by Crippen LogP contribution is 2.22. The molecule has 0 aliphatic carbocycles. The fourth-order valence-electron chi connectivity index (χ4n) is 0.586. The van der Waals surface area contributed by atoms with Gasteiger partial charge in [0.1, 0.15) is 0 Å². The van der Waals surface area contributed by atoms with Crippen LogP contribution in [-0.4, -0.2) is 12.2 Å². The third-order valence-corrected chi connectivity index (χ3v) is 1.45. The molecule has 0 amide bonds. The van der Waals surface area contributed by atoms with Crippen LogP contribution in [0.5, 0.6) is 0 Å². The summed E-state index contributed by atoms with van der Waals surface area (Å²) in [5.74, 6) is -3.07. The predicted molar refractivity (Wildman–Crippen MR) is 44.2 cm³/mol. The van der Waals surface area contributed by atoms with Crippen molar-refractivity contribution in [3.05, 3.63) is 23.8 Å². The molecule has 0 aromatic rings. The zero-order valence-corrected chi connectivity index (χ0v) is 7.23. The van der Waals surface area contributed by atoms with Gasteiger partial charge in [0, 0.05) is 6.92 Å². The largest absolute Gasteiger partial charge is 0.298 e. The lowest BCUT2D eigenvalue weighted by atomic mass is 10.1. The summed E-state index contributed by atoms with van der Waals surface area (Å²) >= 11 is 0. The van der Waals surface area contributed by atoms with Crippen molar-refractivity contribution in [1.82, 2.24) is 0 Å². The molecule has 0 saturated carbocycles. The third-order valence-electron chi connectivity index (χ3n) is 1.45. The SMILES string of the molecule is C=C(/C=C(\C=O)C(C)(F)F)CC. The van der Waals surface area contributed by atoms with Crippen LogP contribution in [0.25, 0.3) is 0 Å². The van der Waals surface area contributed by atoms with Gasteiger partial charge in [0.15, 0.2) is 6.29 Å². The lowest BCUT2D eigenvalue weighted by Gasteiger charge is -2.09. The standard InChI is InChI=1S/C9H12F2O/c1-4-7(2)5-8(6-12)9(3,10)11/h5-6H,2,4H2,1,3H3/b8-5+. The van der Waals surface area contributed by atoms with E-state index in [1.807, 2.05) is 0 Å². The van der Waals surface area contributed by atoms with Crippen LogP contribution < -0.4 is 0 Å². The quantitative estimate of drug-likeness (QED) is 0.364. The molecule has 1 nitrogen and oxygen atoms in total. The molecule has 0 aliphatic heterocycles. The van der Waals surface area contributed by atoms with Gasteiger partial charge in [0.2, 0.25) is 0 Å². The first-order valence-electron chi connectivity index (χ1n) is 3.64. The highest BCUT2D eigenvalue weighted by Gasteiger charge is 2.26. The number of alkyl halides is 2. The highest BCUT2D eigenvalue weighted by molar-refractivity contribution is 5.76. The summed E-state index contributed by atoms with van der Waals surface area (Å²) in [4.78, 5) is 10.2. The number of rotatable bonds is 4. The van der Waals surface area contributed by atoms with Gasteiger partial charge in [-0.15, -0.1) is 0 Å². The maximum atomic E-state index is 12.5. The van der Waals surface area contributed by atoms with Crippen LogP contribution in [0, 0.1) is 0 Å². The molecule has 0 aromatic heterocycles. The summed E-state index contributed by atoms with van der Waals surface area (Å²) in [7, 11) is 0. The Kier molecular flexibility index (Phi) is 3.80. The molecule has 12 heavy (non-hydrogen) atoms. The van der Waals surface area contributed by atoms with Crippen LogP contribution in [0.3, 0.4) is 0 Å². The Morgan fingerprint density at radius 1 is 1.58 bits per heavy atom. The van der Waals surface area contributed by atoms with Crippen molar-refractivity contribution in [3.8, 4) is 0 Å². The molecule has 0 atom stereocenters. The normalized spacial score (nSPS) is 12.8. The van der Waals surface area contributed by atoms with E-state index in [-0.39, 0.29) is 6.29 Å². The number of carbonyl (C=O) groups excluding carboxylic acids is 1. The molecule has 0 rings (SSSR count). The minimum absolute atomic E-state index is 0.167. The second-order valence-electron chi connectivity index (χ2n) is 2.62. The second-order valence-corrected chi connectivity index (χ2v) is 2.62. The first-order chi connectivity index (χ1) is 5.41. The fraction of sp³-hybridized carbons (Fsp3) is 0.444. The van der Waals surface area contributed by atoms with Gasteiger partial charge in [-0.1, -0.05) is 19.1 Å². The van der Waals surface area contributed by atoms with Crippen molar-refractivity contribution >= 4 is 6.29 Å². The Labute approximate surface area is 70.8 Å². The van der Waals surface area contributed by atoms with E-state index in [2.05, 4.69) is 6.58 Å². The Balaban J connectivity index is 4.67. The van der Waals surface area contributed by atoms with Crippen LogP contribution in [0.4, 0.5) is 8.78 Å². The van der Waals surface area contributed by atoms with Gasteiger partial charge in [0.25, 0.3) is 5.92 Å². The van der Waals surface area contributed by atoms with E-state index in [4.69, 9.17) is 0 Å². The van der Waals surface area contributed by atoms with E-state index in [1.54, 1.807) is 6.92 Å². The van der Waals surface area contributed by atoms with Crippen molar-refractivity contribution < 1.29 is 13.6 Å². The molecule has 0 aromatic carbocycles. The average molecular weight is 174 g/mol. The first kappa shape index (κ1) is 11.0. The summed E-state index contributed by atoms with van der Waals surface area (Å²) in [6.07, 6.45) is 1.86. The van der Waals surface area contributed by atoms with E-state index >= 15 is 0 Å². The zero-order chi connectivity index (χ0) is 9.78. The molecule has 0 saturated heterocycles. The molecule has 0 heterocycles. The van der Waals surface area contributed by atoms with Crippen LogP contribution in [0.15, 0.2) is 23.8 Å². The second kappa shape index (κ2) is 4.14. The molecule has 0 N–H and O–H groups in total. The van der Waals surface area contributed by atoms with Crippen molar-refractivity contribution in [1.29, 1.82) is 0 Å². The van der Waals surface area contributed by atoms with Gasteiger partial charge in [-0.2, -0.15) is 0 Å². The van der Waals surface area contributed by atoms with Gasteiger partial charge in [-0.05, 0) is 12.5 Å². The first-order valence-corrected chi connectivity index (χ1v) is 3.64. The summed E-state index contributed by atoms with van der Waals surface area (Å²) in [6.45, 7) is 5.98. The number of aldehydes is 1. The molecular weight excluding hydrogens is 162 g/mol. The van der Waals surface area contributed by atoms with Crippen molar-refractivity contribution in [2.24, 2.45) is 0 Å². The molecular formula is C9H12F2O. The van der Waals surface area contributed by atoms with E-state index in [0.717, 1.165) is 6.08 Å². The topological polar surface area (TPSA) is 17.1 Å². The number of hydrogen-bond donors (Lipinski definition) is 0. The van der Waals surface area contributed by atoms with Gasteiger partial charge >= 0.3 is 0 Å². The van der Waals surface area contributed by atoms with Crippen LogP contribution >= 0.6 is 0 Å². The van der Waals surface area contributed by atoms with Gasteiger partial charge < -0.3 is 0 Å². The molecule has 0 bridgehead atoms. The van der Waals surface area contributed by atoms with E-state index in [9.17, 15) is 13.6 Å². The van der Waals surface area contributed by atoms with Crippen LogP contribution in [-0.2, 0) is 4.79 Å². The molecule has 68 valence electrons. The Bertz CT molecular complexity index is 211. The summed E-state index contributed by atoms with van der Waals surface area (Å²) in [6, 6.07) is 0. The van der Waals surface area contributed by atoms with Gasteiger partial charge in [-0.3, -0.25) is 4.79 Å². The van der Waals surface area contributed by atoms with E-state index in [1.165, 1.54) is 0 Å². The number of allylic oxidation sites excluding steroid dienone is 3. The van der Waals surface area contributed by atoms with Crippen molar-refractivity contribution in [3.63, 3.8) is 0 Å². The van der Waals surface area contributed by atoms with Crippen molar-refractivity contribution in [2.45, 2.75) is 26.2 Å². The Morgan fingerprint density at radius 2 is 2.08 bits per heavy atom. The molecule has 0 radical (unpaired) electrons. The predicted octanol–water partition coefficient (Wildman–Crippen LogP) is 2.73. The number of halogens is 2. The minimum atomic E-state index is -3.07. The molecule has 0 spiro atoms. The molecule has 0 unspecified atom stereocenters. The van der Waals surface area contributed by atoms with E-state index in [0.29, 0.717) is 18.9 Å². The summed E-state index contributed by atoms with van der Waals surface area (Å²) < 4.78 is 25.1. The summed E-state index contributed by atoms with van der Waals surface area (Å²) in [5.41, 5.74) is 0.00738. The maximum absolute atomic E-state index is 12.5.